The molecule has 0 saturated carbocycles. The molecule has 0 amide bonds. The molecule has 0 unspecified atom stereocenters. The zero-order valence-electron chi connectivity index (χ0n) is 18.2. The lowest BCUT2D eigenvalue weighted by atomic mass is 9.93. The molecular formula is C25H34N2O2. The Morgan fingerprint density at radius 2 is 1.86 bits per heavy atom. The van der Waals surface area contributed by atoms with Crippen molar-refractivity contribution in [1.82, 2.24) is 9.97 Å². The first kappa shape index (κ1) is 22.7. The third-order valence-corrected chi connectivity index (χ3v) is 5.08. The van der Waals surface area contributed by atoms with Crippen molar-refractivity contribution in [3.63, 3.8) is 0 Å². The minimum Gasteiger partial charge on any atom is -0.508 e. The average Bonchev–Trinajstić information content (AvgIpc) is 2.68. The molecule has 1 heterocycles. The zero-order chi connectivity index (χ0) is 21.2. The van der Waals surface area contributed by atoms with Crippen LogP contribution in [0.25, 0.3) is 11.3 Å². The summed E-state index contributed by atoms with van der Waals surface area (Å²) in [4.78, 5) is 8.56. The van der Waals surface area contributed by atoms with Gasteiger partial charge in [0.15, 0.2) is 0 Å². The summed E-state index contributed by atoms with van der Waals surface area (Å²) in [5, 5.41) is 21.7. The lowest BCUT2D eigenvalue weighted by molar-refractivity contribution is 0.440. The monoisotopic (exact) mass is 394 g/mol. The van der Waals surface area contributed by atoms with Crippen molar-refractivity contribution < 1.29 is 10.2 Å². The quantitative estimate of drug-likeness (QED) is 0.355. The molecule has 1 aromatic carbocycles. The molecule has 2 aromatic rings. The van der Waals surface area contributed by atoms with Crippen LogP contribution in [-0.4, -0.2) is 20.2 Å². The van der Waals surface area contributed by atoms with E-state index in [2.05, 4.69) is 49.8 Å². The number of aromatic nitrogens is 2. The van der Waals surface area contributed by atoms with Crippen molar-refractivity contribution in [2.75, 3.05) is 0 Å². The van der Waals surface area contributed by atoms with Crippen molar-refractivity contribution in [1.29, 1.82) is 0 Å². The molecular weight excluding hydrogens is 360 g/mol. The number of unbranched alkanes of at least 4 members (excludes halogenated alkanes) is 2. The number of hydrogen-bond donors (Lipinski definition) is 2. The van der Waals surface area contributed by atoms with Gasteiger partial charge in [-0.05, 0) is 64.5 Å². The molecule has 0 aliphatic carbocycles. The Morgan fingerprint density at radius 3 is 2.52 bits per heavy atom. The summed E-state index contributed by atoms with van der Waals surface area (Å²) in [6.07, 6.45) is 15.7. The number of hydrogen-bond acceptors (Lipinski definition) is 4. The molecule has 2 N–H and O–H groups in total. The van der Waals surface area contributed by atoms with Gasteiger partial charge in [-0.3, -0.25) is 9.97 Å². The van der Waals surface area contributed by atoms with Crippen molar-refractivity contribution in [2.24, 2.45) is 0 Å². The molecule has 0 saturated heterocycles. The van der Waals surface area contributed by atoms with Crippen molar-refractivity contribution in [2.45, 2.75) is 72.6 Å². The number of phenols is 2. The van der Waals surface area contributed by atoms with Crippen LogP contribution in [0.3, 0.4) is 0 Å². The molecule has 1 aromatic heterocycles. The van der Waals surface area contributed by atoms with Gasteiger partial charge in [-0.25, -0.2) is 0 Å². The highest BCUT2D eigenvalue weighted by atomic mass is 16.3. The molecule has 0 radical (unpaired) electrons. The second-order valence-electron chi connectivity index (χ2n) is 7.88. The predicted molar refractivity (Wildman–Crippen MR) is 120 cm³/mol. The number of allylic oxidation sites excluding steroid dienone is 4. The van der Waals surface area contributed by atoms with Crippen LogP contribution in [0.5, 0.6) is 11.5 Å². The minimum absolute atomic E-state index is 0.116. The summed E-state index contributed by atoms with van der Waals surface area (Å²) >= 11 is 0. The SMILES string of the molecule is CCCCCc1cc(O)c(C/C=C(\C)CCC=C(C)C)c(O)c1-c1cnccn1. The summed E-state index contributed by atoms with van der Waals surface area (Å²) in [5.74, 6) is 0.264. The van der Waals surface area contributed by atoms with Crippen molar-refractivity contribution >= 4 is 0 Å². The molecule has 29 heavy (non-hydrogen) atoms. The second kappa shape index (κ2) is 11.4. The van der Waals surface area contributed by atoms with Crippen LogP contribution >= 0.6 is 0 Å². The van der Waals surface area contributed by atoms with Gasteiger partial charge in [-0.1, -0.05) is 43.1 Å². The van der Waals surface area contributed by atoms with Crippen LogP contribution in [0.4, 0.5) is 0 Å². The topological polar surface area (TPSA) is 66.2 Å². The Morgan fingerprint density at radius 1 is 1.07 bits per heavy atom. The number of aryl methyl sites for hydroxylation is 1. The first-order chi connectivity index (χ1) is 13.9. The van der Waals surface area contributed by atoms with Gasteiger partial charge in [0.1, 0.15) is 11.5 Å². The molecule has 4 heteroatoms. The van der Waals surface area contributed by atoms with Gasteiger partial charge < -0.3 is 10.2 Å². The number of aromatic hydroxyl groups is 2. The van der Waals surface area contributed by atoms with Gasteiger partial charge in [-0.15, -0.1) is 0 Å². The van der Waals surface area contributed by atoms with E-state index in [4.69, 9.17) is 0 Å². The largest absolute Gasteiger partial charge is 0.508 e. The molecule has 0 aliphatic rings. The Bertz CT molecular complexity index is 851. The van der Waals surface area contributed by atoms with E-state index in [1.807, 2.05) is 0 Å². The van der Waals surface area contributed by atoms with Gasteiger partial charge in [0.2, 0.25) is 0 Å². The van der Waals surface area contributed by atoms with Gasteiger partial charge in [0.25, 0.3) is 0 Å². The second-order valence-corrected chi connectivity index (χ2v) is 7.88. The number of nitrogens with zero attached hydrogens (tertiary/aromatic N) is 2. The van der Waals surface area contributed by atoms with E-state index in [1.165, 1.54) is 11.1 Å². The van der Waals surface area contributed by atoms with Crippen molar-refractivity contribution in [3.05, 3.63) is 59.1 Å². The molecule has 0 spiro atoms. The number of phenolic OH excluding ortho intramolecular Hbond substituents is 2. The lowest BCUT2D eigenvalue weighted by Crippen LogP contribution is -1.98. The van der Waals surface area contributed by atoms with Gasteiger partial charge in [-0.2, -0.15) is 0 Å². The van der Waals surface area contributed by atoms with Crippen LogP contribution in [0.15, 0.2) is 48.0 Å². The summed E-state index contributed by atoms with van der Waals surface area (Å²) < 4.78 is 0. The normalized spacial score (nSPS) is 11.5. The predicted octanol–water partition coefficient (Wildman–Crippen LogP) is 6.52. The highest BCUT2D eigenvalue weighted by Crippen LogP contribution is 2.40. The van der Waals surface area contributed by atoms with Crippen LogP contribution in [0.1, 0.15) is 70.9 Å². The fraction of sp³-hybridized carbons (Fsp3) is 0.440. The van der Waals surface area contributed by atoms with Crippen molar-refractivity contribution in [3.8, 4) is 22.8 Å². The molecule has 2 rings (SSSR count). The highest BCUT2D eigenvalue weighted by molar-refractivity contribution is 5.74. The van der Waals surface area contributed by atoms with E-state index in [0.29, 0.717) is 23.2 Å². The van der Waals surface area contributed by atoms with E-state index in [-0.39, 0.29) is 11.5 Å². The number of rotatable bonds is 10. The Labute approximate surface area is 175 Å². The maximum atomic E-state index is 11.1. The Hall–Kier alpha value is -2.62. The maximum Gasteiger partial charge on any atom is 0.132 e. The summed E-state index contributed by atoms with van der Waals surface area (Å²) in [6, 6.07) is 1.79. The minimum atomic E-state index is 0.116. The third kappa shape index (κ3) is 6.74. The van der Waals surface area contributed by atoms with Gasteiger partial charge in [0, 0.05) is 23.5 Å². The molecule has 0 atom stereocenters. The van der Waals surface area contributed by atoms with Crippen LogP contribution in [-0.2, 0) is 12.8 Å². The molecule has 0 fully saturated rings. The maximum absolute atomic E-state index is 11.1. The van der Waals surface area contributed by atoms with E-state index < -0.39 is 0 Å². The van der Waals surface area contributed by atoms with Gasteiger partial charge >= 0.3 is 0 Å². The smallest absolute Gasteiger partial charge is 0.132 e. The fourth-order valence-electron chi connectivity index (χ4n) is 3.39. The highest BCUT2D eigenvalue weighted by Gasteiger charge is 2.19. The van der Waals surface area contributed by atoms with Crippen LogP contribution < -0.4 is 0 Å². The van der Waals surface area contributed by atoms with Crippen LogP contribution in [0.2, 0.25) is 0 Å². The van der Waals surface area contributed by atoms with E-state index >= 15 is 0 Å². The zero-order valence-corrected chi connectivity index (χ0v) is 18.2. The number of benzene rings is 1. The molecule has 4 nitrogen and oxygen atoms in total. The summed E-state index contributed by atoms with van der Waals surface area (Å²) in [5.41, 5.74) is 5.36. The van der Waals surface area contributed by atoms with Gasteiger partial charge in [0.05, 0.1) is 11.9 Å². The summed E-state index contributed by atoms with van der Waals surface area (Å²) in [6.45, 7) is 8.46. The Balaban J connectivity index is 2.34. The molecule has 0 bridgehead atoms. The molecule has 0 aliphatic heterocycles. The molecule has 156 valence electrons. The third-order valence-electron chi connectivity index (χ3n) is 5.08. The van der Waals surface area contributed by atoms with Crippen LogP contribution in [0, 0.1) is 0 Å². The first-order valence-corrected chi connectivity index (χ1v) is 10.6. The van der Waals surface area contributed by atoms with E-state index in [9.17, 15) is 10.2 Å². The average molecular weight is 395 g/mol. The summed E-state index contributed by atoms with van der Waals surface area (Å²) in [7, 11) is 0. The lowest BCUT2D eigenvalue weighted by Gasteiger charge is -2.16. The fourth-order valence-corrected chi connectivity index (χ4v) is 3.39. The van der Waals surface area contributed by atoms with E-state index in [1.54, 1.807) is 24.7 Å². The standard InChI is InChI=1S/C25H34N2O2/c1-5-6-7-11-20-16-23(28)21(13-12-19(4)10-8-9-18(2)3)25(29)24(20)22-17-26-14-15-27-22/h9,12,14-17,28-29H,5-8,10-11,13H2,1-4H3/b19-12+. The van der Waals surface area contributed by atoms with E-state index in [0.717, 1.165) is 44.1 Å². The first-order valence-electron chi connectivity index (χ1n) is 10.6. The Kier molecular flexibility index (Phi) is 8.91.